The minimum Gasteiger partial charge on any atom is -0.362 e. The van der Waals surface area contributed by atoms with Crippen molar-refractivity contribution in [1.82, 2.24) is 14.6 Å². The van der Waals surface area contributed by atoms with Crippen molar-refractivity contribution in [2.24, 2.45) is 0 Å². The van der Waals surface area contributed by atoms with E-state index in [0.29, 0.717) is 11.4 Å². The number of nitrogens with zero attached hydrogens (tertiary/aromatic N) is 3. The van der Waals surface area contributed by atoms with Crippen molar-refractivity contribution in [1.29, 1.82) is 0 Å². The minimum absolute atomic E-state index is 0.0115. The maximum absolute atomic E-state index is 6.66. The molecule has 3 aromatic rings. The topological polar surface area (TPSA) is 113 Å². The van der Waals surface area contributed by atoms with Crippen LogP contribution in [0.1, 0.15) is 22.8 Å². The van der Waals surface area contributed by atoms with Gasteiger partial charge in [0.1, 0.15) is 64.0 Å². The van der Waals surface area contributed by atoms with E-state index in [0.717, 1.165) is 22.3 Å². The van der Waals surface area contributed by atoms with Gasteiger partial charge >= 0.3 is 0 Å². The van der Waals surface area contributed by atoms with Crippen LogP contribution in [0.3, 0.4) is 0 Å². The van der Waals surface area contributed by atoms with Crippen LogP contribution in [0.5, 0.6) is 0 Å². The zero-order chi connectivity index (χ0) is 28.3. The van der Waals surface area contributed by atoms with Gasteiger partial charge in [-0.1, -0.05) is 29.8 Å². The molecule has 0 bridgehead atoms. The number of pyridine rings is 1. The molecule has 0 N–H and O–H groups in total. The van der Waals surface area contributed by atoms with Crippen LogP contribution in [0.2, 0.25) is 5.02 Å². The van der Waals surface area contributed by atoms with Gasteiger partial charge in [-0.3, -0.25) is 0 Å². The zero-order valence-electron chi connectivity index (χ0n) is 23.1. The van der Waals surface area contributed by atoms with Gasteiger partial charge in [0.05, 0.1) is 6.61 Å². The Morgan fingerprint density at radius 3 is 2.27 bits per heavy atom. The number of hydrogen-bond acceptors (Lipinski definition) is 11. The summed E-state index contributed by atoms with van der Waals surface area (Å²) in [7, 11) is 6.20. The number of ether oxygens (including phenoxy) is 9. The Hall–Kier alpha value is -2.23. The molecule has 1 aliphatic rings. The van der Waals surface area contributed by atoms with Crippen molar-refractivity contribution >= 4 is 17.2 Å². The third-order valence-corrected chi connectivity index (χ3v) is 6.75. The first-order valence-electron chi connectivity index (χ1n) is 12.7. The molecule has 13 heteroatoms. The Balaban J connectivity index is 1.67. The number of hydrogen-bond donors (Lipinski definition) is 0. The lowest BCUT2D eigenvalue weighted by atomic mass is 9.89. The molecule has 0 amide bonds. The minimum atomic E-state index is -0.629. The van der Waals surface area contributed by atoms with Gasteiger partial charge in [-0.05, 0) is 28.8 Å². The first kappa shape index (κ1) is 30.7. The van der Waals surface area contributed by atoms with Crippen LogP contribution in [-0.4, -0.2) is 101 Å². The second-order valence-electron chi connectivity index (χ2n) is 9.11. The highest BCUT2D eigenvalue weighted by molar-refractivity contribution is 6.31. The Bertz CT molecular complexity index is 1180. The SMILES string of the molecule is COCOCC1O[C@@H](c2ccc(Cl)c(Cc3ccc4ncnn4c3)c2)[C@@H](OCOC)C(OCOC)[C@@H]1OCOC. The van der Waals surface area contributed by atoms with Gasteiger partial charge < -0.3 is 42.6 Å². The van der Waals surface area contributed by atoms with Crippen molar-refractivity contribution < 1.29 is 42.6 Å². The van der Waals surface area contributed by atoms with Crippen LogP contribution in [-0.2, 0) is 49.1 Å². The maximum Gasteiger partial charge on any atom is 0.155 e. The van der Waals surface area contributed by atoms with Crippen molar-refractivity contribution in [3.63, 3.8) is 0 Å². The standard InChI is InChI=1S/C27H36ClN3O9/c1-32-14-36-12-22-25(37-15-33-2)27(39-17-35-4)26(38-16-34-3)24(40-22)19-6-7-21(28)20(10-19)9-18-5-8-23-29-13-30-31(23)11-18/h5-8,10-11,13,22,24-27H,9,12,14-17H2,1-4H3/t22?,24-,25+,26+,27?/m0/s1. The number of benzene rings is 1. The van der Waals surface area contributed by atoms with Gasteiger partial charge in [0.15, 0.2) is 5.65 Å². The van der Waals surface area contributed by atoms with E-state index in [9.17, 15) is 0 Å². The summed E-state index contributed by atoms with van der Waals surface area (Å²) in [4.78, 5) is 4.21. The number of aromatic nitrogens is 3. The molecule has 220 valence electrons. The van der Waals surface area contributed by atoms with Crippen LogP contribution in [0.15, 0.2) is 42.9 Å². The van der Waals surface area contributed by atoms with E-state index < -0.39 is 30.5 Å². The monoisotopic (exact) mass is 581 g/mol. The summed E-state index contributed by atoms with van der Waals surface area (Å²) >= 11 is 6.66. The highest BCUT2D eigenvalue weighted by Crippen LogP contribution is 2.38. The van der Waals surface area contributed by atoms with E-state index >= 15 is 0 Å². The highest BCUT2D eigenvalue weighted by Gasteiger charge is 2.49. The molecule has 40 heavy (non-hydrogen) atoms. The summed E-state index contributed by atoms with van der Waals surface area (Å²) in [6, 6.07) is 9.70. The van der Waals surface area contributed by atoms with Gasteiger partial charge in [0.2, 0.25) is 0 Å². The molecule has 12 nitrogen and oxygen atoms in total. The molecule has 3 heterocycles. The Morgan fingerprint density at radius 2 is 1.55 bits per heavy atom. The van der Waals surface area contributed by atoms with E-state index in [-0.39, 0.29) is 33.8 Å². The Kier molecular flexibility index (Phi) is 12.0. The molecule has 5 atom stereocenters. The molecule has 1 fully saturated rings. The average Bonchev–Trinajstić information content (AvgIpc) is 3.43. The molecule has 4 rings (SSSR count). The highest BCUT2D eigenvalue weighted by atomic mass is 35.5. The largest absolute Gasteiger partial charge is 0.362 e. The van der Waals surface area contributed by atoms with E-state index in [4.69, 9.17) is 54.2 Å². The molecular weight excluding hydrogens is 546 g/mol. The number of rotatable bonds is 16. The lowest BCUT2D eigenvalue weighted by Crippen LogP contribution is -2.58. The molecular formula is C27H36ClN3O9. The fourth-order valence-electron chi connectivity index (χ4n) is 4.67. The zero-order valence-corrected chi connectivity index (χ0v) is 23.8. The predicted octanol–water partition coefficient (Wildman–Crippen LogP) is 3.00. The first-order chi connectivity index (χ1) is 19.6. The van der Waals surface area contributed by atoms with Gasteiger partial charge in [-0.2, -0.15) is 5.10 Å². The smallest absolute Gasteiger partial charge is 0.155 e. The number of halogens is 1. The van der Waals surface area contributed by atoms with Gasteiger partial charge in [0.25, 0.3) is 0 Å². The Labute approximate surface area is 238 Å². The number of methoxy groups -OCH3 is 4. The number of fused-ring (bicyclic) bond motifs is 1. The summed E-state index contributed by atoms with van der Waals surface area (Å²) in [6.07, 6.45) is 1.05. The van der Waals surface area contributed by atoms with Crippen molar-refractivity contribution in [3.8, 4) is 0 Å². The predicted molar refractivity (Wildman–Crippen MR) is 143 cm³/mol. The fourth-order valence-corrected chi connectivity index (χ4v) is 4.85. The van der Waals surface area contributed by atoms with Crippen LogP contribution >= 0.6 is 11.6 Å². The maximum atomic E-state index is 6.66. The third-order valence-electron chi connectivity index (χ3n) is 6.38. The summed E-state index contributed by atoms with van der Waals surface area (Å²) in [5.41, 5.74) is 3.54. The van der Waals surface area contributed by atoms with E-state index in [1.165, 1.54) is 6.33 Å². The van der Waals surface area contributed by atoms with Crippen LogP contribution in [0, 0.1) is 0 Å². The lowest BCUT2D eigenvalue weighted by Gasteiger charge is -2.46. The van der Waals surface area contributed by atoms with Crippen molar-refractivity contribution in [2.45, 2.75) is 36.9 Å². The lowest BCUT2D eigenvalue weighted by molar-refractivity contribution is -0.299. The summed E-state index contributed by atoms with van der Waals surface area (Å²) in [5, 5.41) is 4.86. The van der Waals surface area contributed by atoms with Crippen molar-refractivity contribution in [2.75, 3.05) is 62.2 Å². The summed E-state index contributed by atoms with van der Waals surface area (Å²) in [5.74, 6) is 0. The molecule has 2 unspecified atom stereocenters. The van der Waals surface area contributed by atoms with E-state index in [2.05, 4.69) is 10.1 Å². The quantitative estimate of drug-likeness (QED) is 0.184. The molecule has 0 radical (unpaired) electrons. The molecule has 1 saturated heterocycles. The van der Waals surface area contributed by atoms with Crippen LogP contribution in [0.25, 0.3) is 5.65 Å². The van der Waals surface area contributed by atoms with E-state index in [1.807, 2.05) is 36.5 Å². The van der Waals surface area contributed by atoms with Gasteiger partial charge in [-0.15, -0.1) is 0 Å². The molecule has 1 aliphatic heterocycles. The average molecular weight is 582 g/mol. The molecule has 2 aromatic heterocycles. The molecule has 0 spiro atoms. The third kappa shape index (κ3) is 7.74. The van der Waals surface area contributed by atoms with Crippen LogP contribution < -0.4 is 0 Å². The first-order valence-corrected chi connectivity index (χ1v) is 13.1. The van der Waals surface area contributed by atoms with Gasteiger partial charge in [-0.25, -0.2) is 9.50 Å². The van der Waals surface area contributed by atoms with Gasteiger partial charge in [0, 0.05) is 46.1 Å². The fraction of sp³-hybridized carbons (Fsp3) is 0.556. The Morgan fingerprint density at radius 1 is 0.850 bits per heavy atom. The van der Waals surface area contributed by atoms with Crippen molar-refractivity contribution in [3.05, 3.63) is 64.6 Å². The normalized spacial score (nSPS) is 23.2. The summed E-state index contributed by atoms with van der Waals surface area (Å²) in [6.45, 7) is 0.318. The molecule has 1 aromatic carbocycles. The summed E-state index contributed by atoms with van der Waals surface area (Å²) < 4.78 is 53.1. The molecule has 0 saturated carbocycles. The second kappa shape index (κ2) is 15.7. The molecule has 0 aliphatic carbocycles. The van der Waals surface area contributed by atoms with E-state index in [1.54, 1.807) is 33.0 Å². The second-order valence-corrected chi connectivity index (χ2v) is 9.52. The van der Waals surface area contributed by atoms with Crippen LogP contribution in [0.4, 0.5) is 0 Å².